The van der Waals surface area contributed by atoms with E-state index in [-0.39, 0.29) is 6.54 Å². The number of aliphatic hydroxyl groups is 1. The largest absolute Gasteiger partial charge is 0.384 e. The van der Waals surface area contributed by atoms with Crippen molar-refractivity contribution in [1.29, 1.82) is 0 Å². The lowest BCUT2D eigenvalue weighted by atomic mass is 10.1. The van der Waals surface area contributed by atoms with E-state index in [1.165, 1.54) is 10.9 Å². The quantitative estimate of drug-likeness (QED) is 0.704. The van der Waals surface area contributed by atoms with Gasteiger partial charge in [0.1, 0.15) is 17.8 Å². The molecule has 3 N–H and O–H groups in total. The first kappa shape index (κ1) is 16.1. The number of hydrogen-bond donors (Lipinski definition) is 3. The van der Waals surface area contributed by atoms with Crippen LogP contribution in [0.15, 0.2) is 6.20 Å². The van der Waals surface area contributed by atoms with Gasteiger partial charge in [0.2, 0.25) is 5.91 Å². The third kappa shape index (κ3) is 5.35. The Balaban J connectivity index is 2.46. The number of amides is 3. The lowest BCUT2D eigenvalue weighted by molar-refractivity contribution is -0.120. The van der Waals surface area contributed by atoms with Gasteiger partial charge in [0.25, 0.3) is 0 Å². The molecule has 0 aromatic carbocycles. The number of imide groups is 1. The predicted molar refractivity (Wildman–Crippen MR) is 71.6 cm³/mol. The third-order valence-electron chi connectivity index (χ3n) is 2.39. The van der Waals surface area contributed by atoms with Crippen molar-refractivity contribution in [2.24, 2.45) is 5.92 Å². The Bertz CT molecular complexity index is 476. The van der Waals surface area contributed by atoms with Crippen LogP contribution in [0.1, 0.15) is 33.4 Å². The second kappa shape index (κ2) is 6.47. The monoisotopic (exact) mass is 283 g/mol. The number of nitrogens with one attached hydrogen (secondary N) is 2. The van der Waals surface area contributed by atoms with Gasteiger partial charge in [0.15, 0.2) is 0 Å². The minimum atomic E-state index is -1.12. The van der Waals surface area contributed by atoms with E-state index in [4.69, 9.17) is 0 Å². The first-order chi connectivity index (χ1) is 9.18. The van der Waals surface area contributed by atoms with Crippen molar-refractivity contribution in [3.05, 3.63) is 11.9 Å². The van der Waals surface area contributed by atoms with Crippen LogP contribution in [0.4, 0.5) is 4.79 Å². The van der Waals surface area contributed by atoms with E-state index in [0.717, 1.165) is 0 Å². The predicted octanol–water partition coefficient (Wildman–Crippen LogP) is -0.0127. The zero-order chi connectivity index (χ0) is 15.3. The third-order valence-corrected chi connectivity index (χ3v) is 2.39. The molecule has 1 rings (SSSR count). The van der Waals surface area contributed by atoms with E-state index < -0.39 is 17.5 Å². The minimum absolute atomic E-state index is 0.141. The molecule has 0 aliphatic carbocycles. The Kier molecular flexibility index (Phi) is 5.20. The van der Waals surface area contributed by atoms with E-state index in [9.17, 15) is 14.7 Å². The van der Waals surface area contributed by atoms with Crippen molar-refractivity contribution >= 4 is 11.9 Å². The van der Waals surface area contributed by atoms with Gasteiger partial charge in [0, 0.05) is 6.54 Å². The molecule has 0 bridgehead atoms. The van der Waals surface area contributed by atoms with E-state index in [2.05, 4.69) is 20.9 Å². The zero-order valence-electron chi connectivity index (χ0n) is 12.2. The molecule has 0 fully saturated rings. The first-order valence-electron chi connectivity index (χ1n) is 6.39. The van der Waals surface area contributed by atoms with Gasteiger partial charge < -0.3 is 10.4 Å². The topological polar surface area (TPSA) is 109 Å². The molecule has 1 heterocycles. The molecule has 8 heteroatoms. The maximum atomic E-state index is 11.6. The van der Waals surface area contributed by atoms with Crippen LogP contribution in [0.25, 0.3) is 0 Å². The molecule has 1 aromatic rings. The van der Waals surface area contributed by atoms with Gasteiger partial charge in [0.05, 0.1) is 6.20 Å². The first-order valence-corrected chi connectivity index (χ1v) is 6.39. The molecule has 0 aliphatic rings. The average Bonchev–Trinajstić information content (AvgIpc) is 2.74. The molecule has 0 radical (unpaired) electrons. The molecule has 112 valence electrons. The number of carbonyl (C=O) groups is 2. The van der Waals surface area contributed by atoms with E-state index in [1.54, 1.807) is 13.8 Å². The molecule has 0 spiro atoms. The lowest BCUT2D eigenvalue weighted by Crippen LogP contribution is -2.42. The summed E-state index contributed by atoms with van der Waals surface area (Å²) < 4.78 is 1.26. The van der Waals surface area contributed by atoms with Crippen molar-refractivity contribution in [2.75, 3.05) is 6.54 Å². The number of rotatable bonds is 5. The van der Waals surface area contributed by atoms with Crippen LogP contribution in [0.2, 0.25) is 0 Å². The summed E-state index contributed by atoms with van der Waals surface area (Å²) in [6.07, 6.45) is 1.46. The smallest absolute Gasteiger partial charge is 0.321 e. The van der Waals surface area contributed by atoms with Crippen molar-refractivity contribution in [2.45, 2.75) is 39.8 Å². The van der Waals surface area contributed by atoms with Gasteiger partial charge in [-0.25, -0.2) is 9.48 Å². The fraction of sp³-hybridized carbons (Fsp3) is 0.667. The van der Waals surface area contributed by atoms with Crippen LogP contribution in [0, 0.1) is 5.92 Å². The van der Waals surface area contributed by atoms with Gasteiger partial charge in [-0.1, -0.05) is 19.1 Å². The fourth-order valence-electron chi connectivity index (χ4n) is 1.31. The van der Waals surface area contributed by atoms with E-state index >= 15 is 0 Å². The summed E-state index contributed by atoms with van der Waals surface area (Å²) in [6, 6.07) is -0.536. The summed E-state index contributed by atoms with van der Waals surface area (Å²) in [5, 5.41) is 22.0. The van der Waals surface area contributed by atoms with Crippen molar-refractivity contribution in [3.8, 4) is 0 Å². The second-order valence-electron chi connectivity index (χ2n) is 5.51. The van der Waals surface area contributed by atoms with Gasteiger partial charge in [-0.3, -0.25) is 10.1 Å². The van der Waals surface area contributed by atoms with Gasteiger partial charge in [-0.15, -0.1) is 5.10 Å². The zero-order valence-corrected chi connectivity index (χ0v) is 12.2. The normalized spacial score (nSPS) is 11.5. The Morgan fingerprint density at radius 2 is 2.10 bits per heavy atom. The molecule has 0 atom stereocenters. The Hall–Kier alpha value is -1.96. The molecular weight excluding hydrogens is 262 g/mol. The number of urea groups is 1. The summed E-state index contributed by atoms with van der Waals surface area (Å²) in [5.74, 6) is -0.195. The molecule has 1 aromatic heterocycles. The summed E-state index contributed by atoms with van der Waals surface area (Å²) in [5.41, 5.74) is -0.766. The van der Waals surface area contributed by atoms with Gasteiger partial charge in [-0.05, 0) is 19.8 Å². The van der Waals surface area contributed by atoms with Crippen LogP contribution < -0.4 is 10.6 Å². The number of hydrogen-bond acceptors (Lipinski definition) is 5. The molecule has 0 saturated heterocycles. The number of aromatic nitrogens is 3. The highest BCUT2D eigenvalue weighted by Crippen LogP contribution is 2.15. The van der Waals surface area contributed by atoms with Crippen molar-refractivity contribution < 1.29 is 14.7 Å². The number of carbonyl (C=O) groups excluding carboxylic acids is 2. The van der Waals surface area contributed by atoms with Crippen molar-refractivity contribution in [1.82, 2.24) is 25.6 Å². The standard InChI is InChI=1S/C12H21N5O3/c1-8(2)5-13-11(19)14-10(18)7-17-6-9(15-16-17)12(3,4)20/h6,8,20H,5,7H2,1-4H3,(H2,13,14,18,19). The van der Waals surface area contributed by atoms with Crippen LogP contribution in [-0.2, 0) is 16.9 Å². The van der Waals surface area contributed by atoms with Crippen LogP contribution in [0.3, 0.4) is 0 Å². The van der Waals surface area contributed by atoms with E-state index in [0.29, 0.717) is 18.2 Å². The highest BCUT2D eigenvalue weighted by atomic mass is 16.3. The summed E-state index contributed by atoms with van der Waals surface area (Å²) >= 11 is 0. The summed E-state index contributed by atoms with van der Waals surface area (Å²) in [6.45, 7) is 7.40. The van der Waals surface area contributed by atoms with E-state index in [1.807, 2.05) is 13.8 Å². The highest BCUT2D eigenvalue weighted by molar-refractivity contribution is 5.94. The van der Waals surface area contributed by atoms with Gasteiger partial charge in [-0.2, -0.15) is 0 Å². The van der Waals surface area contributed by atoms with Crippen molar-refractivity contribution in [3.63, 3.8) is 0 Å². The average molecular weight is 283 g/mol. The molecule has 3 amide bonds. The summed E-state index contributed by atoms with van der Waals surface area (Å²) in [4.78, 5) is 23.0. The molecular formula is C12H21N5O3. The van der Waals surface area contributed by atoms with Crippen LogP contribution >= 0.6 is 0 Å². The summed E-state index contributed by atoms with van der Waals surface area (Å²) in [7, 11) is 0. The SMILES string of the molecule is CC(C)CNC(=O)NC(=O)Cn1cc(C(C)(C)O)nn1. The minimum Gasteiger partial charge on any atom is -0.384 e. The molecule has 20 heavy (non-hydrogen) atoms. The Labute approximate surface area is 117 Å². The maximum absolute atomic E-state index is 11.6. The maximum Gasteiger partial charge on any atom is 0.321 e. The Morgan fingerprint density at radius 3 is 2.60 bits per heavy atom. The van der Waals surface area contributed by atoms with Crippen LogP contribution in [-0.4, -0.2) is 38.6 Å². The molecule has 0 unspecified atom stereocenters. The van der Waals surface area contributed by atoms with Crippen LogP contribution in [0.5, 0.6) is 0 Å². The number of nitrogens with zero attached hydrogens (tertiary/aromatic N) is 3. The Morgan fingerprint density at radius 1 is 1.45 bits per heavy atom. The molecule has 0 saturated carbocycles. The highest BCUT2D eigenvalue weighted by Gasteiger charge is 2.20. The fourth-order valence-corrected chi connectivity index (χ4v) is 1.31. The molecule has 8 nitrogen and oxygen atoms in total. The molecule has 0 aliphatic heterocycles. The second-order valence-corrected chi connectivity index (χ2v) is 5.51. The van der Waals surface area contributed by atoms with Gasteiger partial charge >= 0.3 is 6.03 Å². The lowest BCUT2D eigenvalue weighted by Gasteiger charge is -2.11.